The fraction of sp³-hybridized carbons (Fsp3) is 0.533. The van der Waals surface area contributed by atoms with Crippen molar-refractivity contribution in [3.05, 3.63) is 18.0 Å². The third kappa shape index (κ3) is 3.11. The van der Waals surface area contributed by atoms with Gasteiger partial charge in [-0.2, -0.15) is 0 Å². The van der Waals surface area contributed by atoms with Crippen molar-refractivity contribution in [2.24, 2.45) is 0 Å². The third-order valence-corrected chi connectivity index (χ3v) is 3.84. The molecule has 0 saturated carbocycles. The molecule has 0 spiro atoms. The molecule has 0 unspecified atom stereocenters. The lowest BCUT2D eigenvalue weighted by Crippen LogP contribution is -2.28. The van der Waals surface area contributed by atoms with E-state index in [1.807, 2.05) is 12.1 Å². The van der Waals surface area contributed by atoms with Crippen LogP contribution < -0.4 is 14.8 Å². The Morgan fingerprint density at radius 2 is 1.95 bits per heavy atom. The topological polar surface area (TPSA) is 62.4 Å². The molecule has 21 heavy (non-hydrogen) atoms. The maximum absolute atomic E-state index is 5.33. The van der Waals surface area contributed by atoms with Crippen molar-refractivity contribution in [3.8, 4) is 11.5 Å². The highest BCUT2D eigenvalue weighted by atomic mass is 16.5. The van der Waals surface area contributed by atoms with Gasteiger partial charge < -0.3 is 19.8 Å². The van der Waals surface area contributed by atoms with Crippen LogP contribution >= 0.6 is 0 Å². The van der Waals surface area contributed by atoms with E-state index in [0.717, 1.165) is 55.3 Å². The van der Waals surface area contributed by atoms with Crippen molar-refractivity contribution in [1.29, 1.82) is 0 Å². The molecule has 2 aromatic rings. The Kier molecular flexibility index (Phi) is 4.26. The van der Waals surface area contributed by atoms with Gasteiger partial charge in [-0.25, -0.2) is 4.98 Å². The van der Waals surface area contributed by atoms with Crippen molar-refractivity contribution in [3.63, 3.8) is 0 Å². The standard InChI is InChI=1S/C15H22N4O2/c1-20-13-8-11-12(9-14(13)21-2)18-15(17-11)10-19-6-3-4-16-5-7-19/h8-9,16H,3-7,10H2,1-2H3,(H,17,18). The summed E-state index contributed by atoms with van der Waals surface area (Å²) in [4.78, 5) is 10.5. The van der Waals surface area contributed by atoms with Crippen LogP contribution in [0.4, 0.5) is 0 Å². The summed E-state index contributed by atoms with van der Waals surface area (Å²) in [6, 6.07) is 3.85. The fourth-order valence-corrected chi connectivity index (χ4v) is 2.74. The van der Waals surface area contributed by atoms with Gasteiger partial charge in [0.2, 0.25) is 0 Å². The summed E-state index contributed by atoms with van der Waals surface area (Å²) >= 11 is 0. The molecule has 1 aromatic carbocycles. The normalized spacial score (nSPS) is 16.9. The Labute approximate surface area is 124 Å². The number of methoxy groups -OCH3 is 2. The second-order valence-electron chi connectivity index (χ2n) is 5.29. The molecule has 0 bridgehead atoms. The lowest BCUT2D eigenvalue weighted by molar-refractivity contribution is 0.278. The van der Waals surface area contributed by atoms with Crippen LogP contribution in [-0.4, -0.2) is 55.3 Å². The van der Waals surface area contributed by atoms with E-state index in [1.165, 1.54) is 6.42 Å². The molecule has 6 nitrogen and oxygen atoms in total. The Balaban J connectivity index is 1.83. The lowest BCUT2D eigenvalue weighted by atomic mass is 10.3. The highest BCUT2D eigenvalue weighted by Gasteiger charge is 2.13. The molecule has 1 saturated heterocycles. The van der Waals surface area contributed by atoms with Gasteiger partial charge in [0.15, 0.2) is 11.5 Å². The summed E-state index contributed by atoms with van der Waals surface area (Å²) in [6.45, 7) is 5.16. The molecule has 1 aliphatic rings. The van der Waals surface area contributed by atoms with Crippen LogP contribution in [-0.2, 0) is 6.54 Å². The van der Waals surface area contributed by atoms with Crippen molar-refractivity contribution in [2.45, 2.75) is 13.0 Å². The molecule has 6 heteroatoms. The molecule has 2 heterocycles. The molecule has 0 amide bonds. The number of fused-ring (bicyclic) bond motifs is 1. The second kappa shape index (κ2) is 6.32. The molecule has 2 N–H and O–H groups in total. The van der Waals surface area contributed by atoms with Gasteiger partial charge in [0.25, 0.3) is 0 Å². The molecular weight excluding hydrogens is 268 g/mol. The van der Waals surface area contributed by atoms with Gasteiger partial charge in [-0.1, -0.05) is 0 Å². The van der Waals surface area contributed by atoms with Crippen molar-refractivity contribution in [2.75, 3.05) is 40.4 Å². The Morgan fingerprint density at radius 3 is 2.76 bits per heavy atom. The van der Waals surface area contributed by atoms with Crippen molar-refractivity contribution < 1.29 is 9.47 Å². The van der Waals surface area contributed by atoms with E-state index in [4.69, 9.17) is 9.47 Å². The number of nitrogens with zero attached hydrogens (tertiary/aromatic N) is 2. The Morgan fingerprint density at radius 1 is 1.14 bits per heavy atom. The highest BCUT2D eigenvalue weighted by molar-refractivity contribution is 5.79. The van der Waals surface area contributed by atoms with Crippen LogP contribution in [0.25, 0.3) is 11.0 Å². The number of nitrogens with one attached hydrogen (secondary N) is 2. The van der Waals surface area contributed by atoms with Gasteiger partial charge in [0.05, 0.1) is 31.8 Å². The van der Waals surface area contributed by atoms with Gasteiger partial charge in [0.1, 0.15) is 5.82 Å². The number of H-pyrrole nitrogens is 1. The number of imidazole rings is 1. The molecule has 1 aromatic heterocycles. The van der Waals surface area contributed by atoms with E-state index < -0.39 is 0 Å². The first kappa shape index (κ1) is 14.2. The van der Waals surface area contributed by atoms with Gasteiger partial charge in [0, 0.05) is 25.2 Å². The van der Waals surface area contributed by atoms with E-state index in [-0.39, 0.29) is 0 Å². The number of aromatic nitrogens is 2. The van der Waals surface area contributed by atoms with E-state index in [2.05, 4.69) is 20.2 Å². The maximum atomic E-state index is 5.33. The van der Waals surface area contributed by atoms with Crippen molar-refractivity contribution in [1.82, 2.24) is 20.2 Å². The Bertz CT molecular complexity index is 562. The minimum Gasteiger partial charge on any atom is -0.493 e. The van der Waals surface area contributed by atoms with Crippen LogP contribution in [0.3, 0.4) is 0 Å². The quantitative estimate of drug-likeness (QED) is 0.890. The maximum Gasteiger partial charge on any atom is 0.163 e. The van der Waals surface area contributed by atoms with Gasteiger partial charge in [-0.05, 0) is 19.5 Å². The zero-order valence-electron chi connectivity index (χ0n) is 12.6. The summed E-state index contributed by atoms with van der Waals surface area (Å²) in [5.74, 6) is 2.42. The first-order chi connectivity index (χ1) is 10.3. The second-order valence-corrected chi connectivity index (χ2v) is 5.29. The van der Waals surface area contributed by atoms with Gasteiger partial charge >= 0.3 is 0 Å². The summed E-state index contributed by atoms with van der Waals surface area (Å²) in [5, 5.41) is 3.41. The zero-order valence-corrected chi connectivity index (χ0v) is 12.6. The number of benzene rings is 1. The summed E-state index contributed by atoms with van der Waals surface area (Å²) in [5.41, 5.74) is 1.89. The Hall–Kier alpha value is -1.79. The summed E-state index contributed by atoms with van der Waals surface area (Å²) < 4.78 is 10.7. The SMILES string of the molecule is COc1cc2nc(CN3CCCNCC3)[nH]c2cc1OC. The van der Waals surface area contributed by atoms with Gasteiger partial charge in [-0.3, -0.25) is 4.90 Å². The van der Waals surface area contributed by atoms with Crippen LogP contribution in [0.5, 0.6) is 11.5 Å². The third-order valence-electron chi connectivity index (χ3n) is 3.84. The van der Waals surface area contributed by atoms with Crippen LogP contribution in [0.2, 0.25) is 0 Å². The van der Waals surface area contributed by atoms with Crippen LogP contribution in [0, 0.1) is 0 Å². The number of rotatable bonds is 4. The van der Waals surface area contributed by atoms with Crippen LogP contribution in [0.15, 0.2) is 12.1 Å². The molecule has 1 fully saturated rings. The number of aromatic amines is 1. The number of ether oxygens (including phenoxy) is 2. The minimum absolute atomic E-state index is 0.710. The smallest absolute Gasteiger partial charge is 0.163 e. The molecule has 0 atom stereocenters. The summed E-state index contributed by atoms with van der Waals surface area (Å²) in [6.07, 6.45) is 1.18. The average Bonchev–Trinajstić information content (AvgIpc) is 2.70. The monoisotopic (exact) mass is 290 g/mol. The highest BCUT2D eigenvalue weighted by Crippen LogP contribution is 2.31. The molecule has 1 aliphatic heterocycles. The minimum atomic E-state index is 0.710. The van der Waals surface area contributed by atoms with E-state index in [9.17, 15) is 0 Å². The predicted octanol–water partition coefficient (Wildman–Crippen LogP) is 1.38. The molecule has 3 rings (SSSR count). The van der Waals surface area contributed by atoms with E-state index in [1.54, 1.807) is 14.2 Å². The van der Waals surface area contributed by atoms with E-state index >= 15 is 0 Å². The van der Waals surface area contributed by atoms with E-state index in [0.29, 0.717) is 5.75 Å². The fourth-order valence-electron chi connectivity index (χ4n) is 2.74. The van der Waals surface area contributed by atoms with Crippen LogP contribution in [0.1, 0.15) is 12.2 Å². The summed E-state index contributed by atoms with van der Waals surface area (Å²) in [7, 11) is 3.28. The lowest BCUT2D eigenvalue weighted by Gasteiger charge is -2.17. The average molecular weight is 290 g/mol. The first-order valence-corrected chi connectivity index (χ1v) is 7.34. The largest absolute Gasteiger partial charge is 0.493 e. The number of hydrogen-bond acceptors (Lipinski definition) is 5. The molecular formula is C15H22N4O2. The zero-order chi connectivity index (χ0) is 14.7. The number of hydrogen-bond donors (Lipinski definition) is 2. The first-order valence-electron chi connectivity index (χ1n) is 7.34. The molecule has 0 radical (unpaired) electrons. The van der Waals surface area contributed by atoms with Crippen molar-refractivity contribution >= 4 is 11.0 Å². The molecule has 114 valence electrons. The predicted molar refractivity (Wildman–Crippen MR) is 82.0 cm³/mol. The molecule has 0 aliphatic carbocycles. The van der Waals surface area contributed by atoms with Gasteiger partial charge in [-0.15, -0.1) is 0 Å².